The highest BCUT2D eigenvalue weighted by molar-refractivity contribution is 6.29. The minimum atomic E-state index is -0.292. The van der Waals surface area contributed by atoms with Gasteiger partial charge in [0.1, 0.15) is 16.5 Å². The molecule has 0 atom stereocenters. The van der Waals surface area contributed by atoms with Gasteiger partial charge < -0.3 is 20.7 Å². The fourth-order valence-corrected chi connectivity index (χ4v) is 2.03. The van der Waals surface area contributed by atoms with Gasteiger partial charge in [0.15, 0.2) is 0 Å². The number of nitrogens with one attached hydrogen (secondary N) is 3. The van der Waals surface area contributed by atoms with Crippen molar-refractivity contribution >= 4 is 40.5 Å². The van der Waals surface area contributed by atoms with E-state index in [-0.39, 0.29) is 18.2 Å². The largest absolute Gasteiger partial charge is 0.345 e. The van der Waals surface area contributed by atoms with E-state index in [4.69, 9.17) is 22.4 Å². The highest BCUT2D eigenvalue weighted by Gasteiger charge is 2.14. The van der Waals surface area contributed by atoms with E-state index in [9.17, 15) is 4.79 Å². The number of pyridine rings is 1. The molecule has 0 radical (unpaired) electrons. The number of hydrogen-bond acceptors (Lipinski definition) is 4. The Hall–Kier alpha value is -2.47. The molecule has 7 heteroatoms. The van der Waals surface area contributed by atoms with Gasteiger partial charge in [-0.25, -0.2) is 4.98 Å². The number of halogens is 1. The second kappa shape index (κ2) is 6.32. The van der Waals surface area contributed by atoms with Gasteiger partial charge in [-0.3, -0.25) is 4.79 Å². The summed E-state index contributed by atoms with van der Waals surface area (Å²) in [6.07, 6.45) is 3.96. The molecule has 0 aromatic carbocycles. The van der Waals surface area contributed by atoms with Crippen molar-refractivity contribution in [1.29, 1.82) is 10.8 Å². The molecule has 0 saturated carbocycles. The summed E-state index contributed by atoms with van der Waals surface area (Å²) in [5.74, 6) is -0.292. The number of carbonyl (C=O) groups is 1. The van der Waals surface area contributed by atoms with Gasteiger partial charge in [0.25, 0.3) is 5.91 Å². The molecule has 0 saturated heterocycles. The van der Waals surface area contributed by atoms with Crippen molar-refractivity contribution in [2.75, 3.05) is 6.54 Å². The van der Waals surface area contributed by atoms with Gasteiger partial charge in [0, 0.05) is 18.6 Å². The van der Waals surface area contributed by atoms with Gasteiger partial charge in [-0.2, -0.15) is 0 Å². The Kier molecular flexibility index (Phi) is 4.49. The van der Waals surface area contributed by atoms with Crippen LogP contribution in [0.2, 0.25) is 5.15 Å². The third kappa shape index (κ3) is 3.35. The second-order valence-electron chi connectivity index (χ2n) is 4.37. The average Bonchev–Trinajstić information content (AvgIpc) is 2.79. The van der Waals surface area contributed by atoms with E-state index in [1.54, 1.807) is 29.8 Å². The van der Waals surface area contributed by atoms with Gasteiger partial charge in [-0.1, -0.05) is 11.6 Å². The zero-order valence-corrected chi connectivity index (χ0v) is 12.1. The Morgan fingerprint density at radius 3 is 3.00 bits per heavy atom. The van der Waals surface area contributed by atoms with Crippen molar-refractivity contribution in [3.05, 3.63) is 41.2 Å². The van der Waals surface area contributed by atoms with E-state index in [0.717, 1.165) is 11.6 Å². The van der Waals surface area contributed by atoms with Crippen LogP contribution in [-0.2, 0) is 7.05 Å². The van der Waals surface area contributed by atoms with Crippen LogP contribution in [-0.4, -0.2) is 33.9 Å². The molecule has 0 aliphatic carbocycles. The number of aromatic nitrogens is 2. The third-order valence-corrected chi connectivity index (χ3v) is 3.12. The number of allylic oxidation sites excluding steroid dienone is 1. The third-order valence-electron chi connectivity index (χ3n) is 2.91. The number of carbonyl (C=O) groups excluding carboxylic acids is 1. The van der Waals surface area contributed by atoms with Crippen LogP contribution in [0.3, 0.4) is 0 Å². The molecule has 2 aromatic rings. The predicted octanol–water partition coefficient (Wildman–Crippen LogP) is 2.18. The Morgan fingerprint density at radius 2 is 2.29 bits per heavy atom. The van der Waals surface area contributed by atoms with Crippen molar-refractivity contribution in [1.82, 2.24) is 14.9 Å². The van der Waals surface area contributed by atoms with Crippen molar-refractivity contribution in [2.45, 2.75) is 0 Å². The van der Waals surface area contributed by atoms with Crippen molar-refractivity contribution in [3.8, 4) is 0 Å². The highest BCUT2D eigenvalue weighted by Crippen LogP contribution is 2.19. The molecule has 108 valence electrons. The number of aryl methyl sites for hydroxylation is 1. The zero-order valence-electron chi connectivity index (χ0n) is 11.4. The number of fused-ring (bicyclic) bond motifs is 1. The monoisotopic (exact) mass is 303 g/mol. The minimum Gasteiger partial charge on any atom is -0.345 e. The summed E-state index contributed by atoms with van der Waals surface area (Å²) in [6, 6.07) is 5.20. The molecule has 0 fully saturated rings. The molecule has 3 N–H and O–H groups in total. The molecule has 6 nitrogen and oxygen atoms in total. The Balaban J connectivity index is 2.16. The molecule has 0 aliphatic rings. The van der Waals surface area contributed by atoms with E-state index < -0.39 is 0 Å². The second-order valence-corrected chi connectivity index (χ2v) is 4.76. The fourth-order valence-electron chi connectivity index (χ4n) is 1.88. The van der Waals surface area contributed by atoms with Crippen LogP contribution < -0.4 is 5.32 Å². The van der Waals surface area contributed by atoms with E-state index in [2.05, 4.69) is 10.3 Å². The number of amides is 1. The number of nitrogens with zero attached hydrogens (tertiary/aromatic N) is 2. The van der Waals surface area contributed by atoms with Gasteiger partial charge >= 0.3 is 0 Å². The standard InChI is InChI=1S/C14H14ClN5O/c1-20-11(7-9-4-5-12(15)19-13(9)20)14(21)18-8-10(17)3-2-6-16/h2-7,16-17H,8H2,1H3,(H,18,21)/b3-2-,16-6?,17-10?. The van der Waals surface area contributed by atoms with Gasteiger partial charge in [-0.05, 0) is 30.4 Å². The van der Waals surface area contributed by atoms with Gasteiger partial charge in [0.2, 0.25) is 0 Å². The van der Waals surface area contributed by atoms with Crippen molar-refractivity contribution in [2.24, 2.45) is 7.05 Å². The molecule has 0 unspecified atom stereocenters. The maximum Gasteiger partial charge on any atom is 0.268 e. The van der Waals surface area contributed by atoms with Crippen molar-refractivity contribution in [3.63, 3.8) is 0 Å². The summed E-state index contributed by atoms with van der Waals surface area (Å²) in [5, 5.41) is 18.3. The summed E-state index contributed by atoms with van der Waals surface area (Å²) < 4.78 is 1.66. The number of hydrogen-bond donors (Lipinski definition) is 3. The van der Waals surface area contributed by atoms with Crippen molar-refractivity contribution < 1.29 is 4.79 Å². The van der Waals surface area contributed by atoms with Gasteiger partial charge in [-0.15, -0.1) is 0 Å². The molecule has 2 aromatic heterocycles. The first-order valence-corrected chi connectivity index (χ1v) is 6.55. The maximum atomic E-state index is 12.1. The van der Waals surface area contributed by atoms with Gasteiger partial charge in [0.05, 0.1) is 12.3 Å². The van der Waals surface area contributed by atoms with Crippen LogP contribution in [0.25, 0.3) is 11.0 Å². The lowest BCUT2D eigenvalue weighted by atomic mass is 10.3. The summed E-state index contributed by atoms with van der Waals surface area (Å²) in [7, 11) is 1.74. The summed E-state index contributed by atoms with van der Waals surface area (Å²) in [5.41, 5.74) is 1.29. The lowest BCUT2D eigenvalue weighted by Gasteiger charge is -2.05. The summed E-state index contributed by atoms with van der Waals surface area (Å²) in [4.78, 5) is 16.3. The molecule has 0 spiro atoms. The van der Waals surface area contributed by atoms with E-state index in [0.29, 0.717) is 16.5 Å². The first-order chi connectivity index (χ1) is 10.0. The minimum absolute atomic E-state index is 0.0961. The highest BCUT2D eigenvalue weighted by atomic mass is 35.5. The number of rotatable bonds is 5. The fraction of sp³-hybridized carbons (Fsp3) is 0.143. The molecular weight excluding hydrogens is 290 g/mol. The lowest BCUT2D eigenvalue weighted by Crippen LogP contribution is -2.29. The Bertz CT molecular complexity index is 747. The molecule has 0 aliphatic heterocycles. The molecule has 21 heavy (non-hydrogen) atoms. The molecule has 0 bridgehead atoms. The van der Waals surface area contributed by atoms with E-state index in [1.807, 2.05) is 0 Å². The van der Waals surface area contributed by atoms with Crippen LogP contribution in [0.15, 0.2) is 30.4 Å². The van der Waals surface area contributed by atoms with Crippen LogP contribution in [0.5, 0.6) is 0 Å². The quantitative estimate of drug-likeness (QED) is 0.583. The SMILES string of the molecule is Cn1c(C(=O)NCC(=N)/C=C\C=N)cc2ccc(Cl)nc21. The molecule has 2 heterocycles. The zero-order chi connectivity index (χ0) is 15.4. The molecular formula is C14H14ClN5O. The molecule has 1 amide bonds. The first kappa shape index (κ1) is 14.9. The van der Waals surface area contributed by atoms with Crippen LogP contribution in [0.1, 0.15) is 10.5 Å². The Morgan fingerprint density at radius 1 is 1.52 bits per heavy atom. The predicted molar refractivity (Wildman–Crippen MR) is 83.7 cm³/mol. The van der Waals surface area contributed by atoms with Crippen LogP contribution >= 0.6 is 11.6 Å². The first-order valence-electron chi connectivity index (χ1n) is 6.17. The smallest absolute Gasteiger partial charge is 0.268 e. The molecule has 2 rings (SSSR count). The summed E-state index contributed by atoms with van der Waals surface area (Å²) >= 11 is 5.85. The van der Waals surface area contributed by atoms with E-state index in [1.165, 1.54) is 12.2 Å². The lowest BCUT2D eigenvalue weighted by molar-refractivity contribution is 0.0951. The maximum absolute atomic E-state index is 12.1. The van der Waals surface area contributed by atoms with Crippen LogP contribution in [0, 0.1) is 10.8 Å². The topological polar surface area (TPSA) is 94.6 Å². The summed E-state index contributed by atoms with van der Waals surface area (Å²) in [6.45, 7) is 0.0961. The van der Waals surface area contributed by atoms with Crippen LogP contribution in [0.4, 0.5) is 0 Å². The average molecular weight is 304 g/mol. The van der Waals surface area contributed by atoms with E-state index >= 15 is 0 Å². The Labute approximate surface area is 126 Å². The normalized spacial score (nSPS) is 11.0.